The molecule has 2 N–H and O–H groups in total. The van der Waals surface area contributed by atoms with Gasteiger partial charge >= 0.3 is 0 Å². The molecule has 0 aliphatic rings. The average Bonchev–Trinajstić information content (AvgIpc) is 3.14. The third-order valence-electron chi connectivity index (χ3n) is 4.69. The minimum Gasteiger partial charge on any atom is -0.325 e. The van der Waals surface area contributed by atoms with Crippen molar-refractivity contribution in [1.29, 1.82) is 0 Å². The normalized spacial score (nSPS) is 11.0. The molecule has 0 aliphatic heterocycles. The van der Waals surface area contributed by atoms with Crippen molar-refractivity contribution in [3.63, 3.8) is 0 Å². The van der Waals surface area contributed by atoms with E-state index in [-0.39, 0.29) is 17.2 Å². The van der Waals surface area contributed by atoms with Gasteiger partial charge in [-0.15, -0.1) is 0 Å². The Hall–Kier alpha value is -3.39. The molecule has 2 aromatic carbocycles. The molecule has 4 rings (SSSR count). The molecule has 2 heterocycles. The molecule has 0 aliphatic carbocycles. The number of fused-ring (bicyclic) bond motifs is 1. The number of anilines is 1. The lowest BCUT2D eigenvalue weighted by Gasteiger charge is -2.09. The quantitative estimate of drug-likeness (QED) is 0.379. The van der Waals surface area contributed by atoms with Crippen LogP contribution >= 0.6 is 11.8 Å². The summed E-state index contributed by atoms with van der Waals surface area (Å²) in [6.07, 6.45) is 1.50. The van der Waals surface area contributed by atoms with Crippen LogP contribution in [0.1, 0.15) is 16.7 Å². The summed E-state index contributed by atoms with van der Waals surface area (Å²) in [5, 5.41) is 7.99. The number of aryl methyl sites for hydroxylation is 3. The molecule has 4 aromatic rings. The fourth-order valence-corrected chi connectivity index (χ4v) is 3.77. The van der Waals surface area contributed by atoms with E-state index < -0.39 is 0 Å². The van der Waals surface area contributed by atoms with E-state index in [1.807, 2.05) is 63.2 Å². The zero-order valence-electron chi connectivity index (χ0n) is 16.9. The monoisotopic (exact) mass is 419 g/mol. The molecule has 7 nitrogen and oxygen atoms in total. The number of hydrogen-bond acceptors (Lipinski definition) is 5. The third-order valence-corrected chi connectivity index (χ3v) is 5.56. The fraction of sp³-hybridized carbons (Fsp3) is 0.182. The fourth-order valence-electron chi connectivity index (χ4n) is 3.12. The van der Waals surface area contributed by atoms with Gasteiger partial charge < -0.3 is 10.3 Å². The SMILES string of the molecule is Cc1ccc(-n2ncc3c(=O)[nH]c(SCC(=O)Nc4ccc(C)cc4C)nc32)cc1. The Morgan fingerprint density at radius 3 is 2.57 bits per heavy atom. The van der Waals surface area contributed by atoms with E-state index in [0.717, 1.165) is 28.1 Å². The van der Waals surface area contributed by atoms with E-state index in [4.69, 9.17) is 0 Å². The van der Waals surface area contributed by atoms with Gasteiger partial charge in [-0.3, -0.25) is 9.59 Å². The van der Waals surface area contributed by atoms with E-state index in [0.29, 0.717) is 16.2 Å². The Bertz CT molecular complexity index is 1290. The van der Waals surface area contributed by atoms with Crippen molar-refractivity contribution < 1.29 is 4.79 Å². The minimum absolute atomic E-state index is 0.125. The first-order valence-corrected chi connectivity index (χ1v) is 10.4. The molecular formula is C22H21N5O2S. The average molecular weight is 420 g/mol. The lowest BCUT2D eigenvalue weighted by Crippen LogP contribution is -2.16. The number of carbonyl (C=O) groups is 1. The Kier molecular flexibility index (Phi) is 5.41. The van der Waals surface area contributed by atoms with Crippen molar-refractivity contribution in [1.82, 2.24) is 19.7 Å². The molecule has 30 heavy (non-hydrogen) atoms. The molecule has 2 aromatic heterocycles. The van der Waals surface area contributed by atoms with Gasteiger partial charge in [0.05, 0.1) is 17.6 Å². The van der Waals surface area contributed by atoms with Gasteiger partial charge in [0, 0.05) is 5.69 Å². The zero-order valence-corrected chi connectivity index (χ0v) is 17.7. The summed E-state index contributed by atoms with van der Waals surface area (Å²) in [4.78, 5) is 32.1. The second kappa shape index (κ2) is 8.16. The Labute approximate surface area is 177 Å². The van der Waals surface area contributed by atoms with Crippen molar-refractivity contribution in [2.75, 3.05) is 11.1 Å². The van der Waals surface area contributed by atoms with E-state index in [1.54, 1.807) is 4.68 Å². The standard InChI is InChI=1S/C22H21N5O2S/c1-13-4-7-16(8-5-13)27-20-17(11-23-27)21(29)26-22(25-20)30-12-19(28)24-18-9-6-14(2)10-15(18)3/h4-11H,12H2,1-3H3,(H,24,28)(H,25,26,29). The maximum absolute atomic E-state index is 12.4. The first-order chi connectivity index (χ1) is 14.4. The van der Waals surface area contributed by atoms with Crippen LogP contribution in [0.3, 0.4) is 0 Å². The van der Waals surface area contributed by atoms with Crippen LogP contribution in [-0.2, 0) is 4.79 Å². The number of carbonyl (C=O) groups excluding carboxylic acids is 1. The molecule has 152 valence electrons. The summed E-state index contributed by atoms with van der Waals surface area (Å²) in [5.41, 5.74) is 5.05. The lowest BCUT2D eigenvalue weighted by atomic mass is 10.1. The number of nitrogens with zero attached hydrogens (tertiary/aromatic N) is 3. The van der Waals surface area contributed by atoms with Crippen LogP contribution in [0.5, 0.6) is 0 Å². The van der Waals surface area contributed by atoms with Crippen molar-refractivity contribution in [2.24, 2.45) is 0 Å². The number of rotatable bonds is 5. The van der Waals surface area contributed by atoms with Gasteiger partial charge in [0.25, 0.3) is 5.56 Å². The van der Waals surface area contributed by atoms with Crippen LogP contribution in [0.4, 0.5) is 5.69 Å². The summed E-state index contributed by atoms with van der Waals surface area (Å²) in [6.45, 7) is 5.97. The van der Waals surface area contributed by atoms with Crippen LogP contribution in [0.15, 0.2) is 58.6 Å². The molecule has 0 bridgehead atoms. The van der Waals surface area contributed by atoms with Gasteiger partial charge in [-0.1, -0.05) is 47.2 Å². The van der Waals surface area contributed by atoms with Gasteiger partial charge in [0.15, 0.2) is 10.8 Å². The van der Waals surface area contributed by atoms with Crippen LogP contribution in [0, 0.1) is 20.8 Å². The Morgan fingerprint density at radius 1 is 1.10 bits per heavy atom. The summed E-state index contributed by atoms with van der Waals surface area (Å²) < 4.78 is 1.63. The molecule has 0 unspecified atom stereocenters. The van der Waals surface area contributed by atoms with E-state index in [2.05, 4.69) is 20.4 Å². The highest BCUT2D eigenvalue weighted by Gasteiger charge is 2.13. The highest BCUT2D eigenvalue weighted by molar-refractivity contribution is 7.99. The molecule has 0 radical (unpaired) electrons. The zero-order chi connectivity index (χ0) is 21.3. The summed E-state index contributed by atoms with van der Waals surface area (Å²) in [6, 6.07) is 13.7. The number of benzene rings is 2. The van der Waals surface area contributed by atoms with Gasteiger partial charge in [-0.25, -0.2) is 9.67 Å². The Morgan fingerprint density at radius 2 is 1.83 bits per heavy atom. The first-order valence-electron chi connectivity index (χ1n) is 9.46. The molecule has 0 saturated carbocycles. The molecule has 0 atom stereocenters. The number of hydrogen-bond donors (Lipinski definition) is 2. The molecular weight excluding hydrogens is 398 g/mol. The van der Waals surface area contributed by atoms with Crippen LogP contribution < -0.4 is 10.9 Å². The molecule has 0 saturated heterocycles. The van der Waals surface area contributed by atoms with Gasteiger partial charge in [0.1, 0.15) is 5.39 Å². The molecule has 0 fully saturated rings. The van der Waals surface area contributed by atoms with Crippen LogP contribution in [-0.4, -0.2) is 31.4 Å². The summed E-state index contributed by atoms with van der Waals surface area (Å²) in [7, 11) is 0. The number of aromatic nitrogens is 4. The Balaban J connectivity index is 1.54. The van der Waals surface area contributed by atoms with Crippen LogP contribution in [0.2, 0.25) is 0 Å². The maximum Gasteiger partial charge on any atom is 0.262 e. The third kappa shape index (κ3) is 4.13. The van der Waals surface area contributed by atoms with Crippen LogP contribution in [0.25, 0.3) is 16.7 Å². The second-order valence-electron chi connectivity index (χ2n) is 7.16. The smallest absolute Gasteiger partial charge is 0.262 e. The van der Waals surface area contributed by atoms with Crippen molar-refractivity contribution in [3.8, 4) is 5.69 Å². The predicted octanol–water partition coefficient (Wildman–Crippen LogP) is 3.76. The topological polar surface area (TPSA) is 92.7 Å². The summed E-state index contributed by atoms with van der Waals surface area (Å²) in [5.74, 6) is -0.0396. The molecule has 8 heteroatoms. The number of aromatic amines is 1. The summed E-state index contributed by atoms with van der Waals surface area (Å²) >= 11 is 1.18. The van der Waals surface area contributed by atoms with E-state index in [9.17, 15) is 9.59 Å². The van der Waals surface area contributed by atoms with E-state index >= 15 is 0 Å². The predicted molar refractivity (Wildman–Crippen MR) is 119 cm³/mol. The number of nitrogens with one attached hydrogen (secondary N) is 2. The lowest BCUT2D eigenvalue weighted by molar-refractivity contribution is -0.113. The molecule has 1 amide bonds. The van der Waals surface area contributed by atoms with Crippen molar-refractivity contribution >= 4 is 34.4 Å². The maximum atomic E-state index is 12.4. The van der Waals surface area contributed by atoms with Gasteiger partial charge in [-0.05, 0) is 44.5 Å². The highest BCUT2D eigenvalue weighted by atomic mass is 32.2. The number of thioether (sulfide) groups is 1. The second-order valence-corrected chi connectivity index (χ2v) is 8.12. The first kappa shape index (κ1) is 19.9. The van der Waals surface area contributed by atoms with Gasteiger partial charge in [0.2, 0.25) is 5.91 Å². The number of H-pyrrole nitrogens is 1. The van der Waals surface area contributed by atoms with Crippen molar-refractivity contribution in [3.05, 3.63) is 75.7 Å². The highest BCUT2D eigenvalue weighted by Crippen LogP contribution is 2.20. The van der Waals surface area contributed by atoms with E-state index in [1.165, 1.54) is 18.0 Å². The molecule has 0 spiro atoms. The largest absolute Gasteiger partial charge is 0.325 e. The van der Waals surface area contributed by atoms with Gasteiger partial charge in [-0.2, -0.15) is 5.10 Å². The number of amides is 1. The minimum atomic E-state index is -0.282. The van der Waals surface area contributed by atoms with Crippen molar-refractivity contribution in [2.45, 2.75) is 25.9 Å².